The molecule has 0 atom stereocenters. The number of fused-ring (bicyclic) bond motifs is 2. The molecule has 6 heteroatoms. The van der Waals surface area contributed by atoms with Crippen LogP contribution in [0.3, 0.4) is 0 Å². The van der Waals surface area contributed by atoms with Crippen molar-refractivity contribution in [2.24, 2.45) is 0 Å². The van der Waals surface area contributed by atoms with Crippen molar-refractivity contribution in [1.82, 2.24) is 4.90 Å². The molecule has 2 aromatic rings. The van der Waals surface area contributed by atoms with E-state index in [4.69, 9.17) is 17.0 Å². The third kappa shape index (κ3) is 3.23. The largest absolute Gasteiger partial charge is 0.465 e. The van der Waals surface area contributed by atoms with Gasteiger partial charge >= 0.3 is 5.97 Å². The number of anilines is 1. The molecule has 4 nitrogen and oxygen atoms in total. The van der Waals surface area contributed by atoms with Crippen molar-refractivity contribution in [2.75, 3.05) is 19.0 Å². The van der Waals surface area contributed by atoms with Crippen LogP contribution in [-0.2, 0) is 30.5 Å². The van der Waals surface area contributed by atoms with Gasteiger partial charge in [-0.05, 0) is 61.0 Å². The van der Waals surface area contributed by atoms with Gasteiger partial charge in [0.2, 0.25) is 0 Å². The van der Waals surface area contributed by atoms with Gasteiger partial charge < -0.3 is 15.0 Å². The molecule has 2 aliphatic rings. The Morgan fingerprint density at radius 2 is 1.96 bits per heavy atom. The van der Waals surface area contributed by atoms with E-state index in [0.717, 1.165) is 49.3 Å². The molecule has 26 heavy (non-hydrogen) atoms. The average Bonchev–Trinajstić information content (AvgIpc) is 3.04. The maximum atomic E-state index is 12.4. The van der Waals surface area contributed by atoms with Gasteiger partial charge in [0.25, 0.3) is 0 Å². The topological polar surface area (TPSA) is 41.6 Å². The number of carbonyl (C=O) groups excluding carboxylic acids is 1. The SMILES string of the molecule is COC(=O)c1c(NC(=S)N2CCc3ccccc3C2)sc2c1CCCC2. The maximum Gasteiger partial charge on any atom is 0.341 e. The number of nitrogens with zero attached hydrogens (tertiary/aromatic N) is 1. The molecule has 0 amide bonds. The number of aryl methyl sites for hydroxylation is 1. The van der Waals surface area contributed by atoms with Crippen molar-refractivity contribution in [2.45, 2.75) is 38.6 Å². The van der Waals surface area contributed by atoms with Crippen LogP contribution in [0.1, 0.15) is 44.8 Å². The second-order valence-corrected chi connectivity index (χ2v) is 8.27. The van der Waals surface area contributed by atoms with Gasteiger partial charge in [-0.25, -0.2) is 4.79 Å². The molecule has 0 spiro atoms. The van der Waals surface area contributed by atoms with Crippen LogP contribution in [0.4, 0.5) is 5.00 Å². The minimum Gasteiger partial charge on any atom is -0.465 e. The van der Waals surface area contributed by atoms with E-state index in [1.54, 1.807) is 11.3 Å². The number of thiocarbonyl (C=S) groups is 1. The summed E-state index contributed by atoms with van der Waals surface area (Å²) in [6.07, 6.45) is 5.28. The van der Waals surface area contributed by atoms with Crippen molar-refractivity contribution in [3.05, 3.63) is 51.4 Å². The summed E-state index contributed by atoms with van der Waals surface area (Å²) < 4.78 is 5.05. The lowest BCUT2D eigenvalue weighted by Crippen LogP contribution is -2.38. The number of thiophene rings is 1. The zero-order valence-corrected chi connectivity index (χ0v) is 16.5. The lowest BCUT2D eigenvalue weighted by molar-refractivity contribution is 0.0601. The number of carbonyl (C=O) groups is 1. The normalized spacial score (nSPS) is 15.8. The molecule has 0 fully saturated rings. The van der Waals surface area contributed by atoms with Crippen molar-refractivity contribution < 1.29 is 9.53 Å². The highest BCUT2D eigenvalue weighted by atomic mass is 32.1. The molecule has 0 bridgehead atoms. The molecule has 0 saturated heterocycles. The Labute approximate surface area is 163 Å². The van der Waals surface area contributed by atoms with Crippen LogP contribution >= 0.6 is 23.6 Å². The Morgan fingerprint density at radius 3 is 2.77 bits per heavy atom. The summed E-state index contributed by atoms with van der Waals surface area (Å²) in [5.41, 5.74) is 4.56. The van der Waals surface area contributed by atoms with E-state index < -0.39 is 0 Å². The van der Waals surface area contributed by atoms with Crippen LogP contribution in [0.2, 0.25) is 0 Å². The fourth-order valence-corrected chi connectivity index (χ4v) is 5.42. The molecule has 0 saturated carbocycles. The summed E-state index contributed by atoms with van der Waals surface area (Å²) in [5, 5.41) is 4.88. The number of rotatable bonds is 2. The van der Waals surface area contributed by atoms with E-state index >= 15 is 0 Å². The first-order valence-corrected chi connectivity index (χ1v) is 10.3. The Hall–Kier alpha value is -1.92. The summed E-state index contributed by atoms with van der Waals surface area (Å²) in [7, 11) is 1.44. The molecule has 1 N–H and O–H groups in total. The van der Waals surface area contributed by atoms with Gasteiger partial charge in [0.1, 0.15) is 5.00 Å². The highest BCUT2D eigenvalue weighted by molar-refractivity contribution is 7.80. The zero-order chi connectivity index (χ0) is 18.1. The van der Waals surface area contributed by atoms with Crippen LogP contribution in [-0.4, -0.2) is 29.6 Å². The number of hydrogen-bond donors (Lipinski definition) is 1. The number of methoxy groups -OCH3 is 1. The molecular weight excluding hydrogens is 364 g/mol. The van der Waals surface area contributed by atoms with Crippen molar-refractivity contribution in [3.63, 3.8) is 0 Å². The van der Waals surface area contributed by atoms with E-state index in [0.29, 0.717) is 10.7 Å². The number of ether oxygens (including phenoxy) is 1. The van der Waals surface area contributed by atoms with Crippen LogP contribution in [0.25, 0.3) is 0 Å². The van der Waals surface area contributed by atoms with Crippen LogP contribution in [0.5, 0.6) is 0 Å². The Morgan fingerprint density at radius 1 is 1.19 bits per heavy atom. The molecule has 1 aliphatic carbocycles. The van der Waals surface area contributed by atoms with Gasteiger partial charge in [-0.1, -0.05) is 24.3 Å². The van der Waals surface area contributed by atoms with E-state index in [9.17, 15) is 4.79 Å². The fraction of sp³-hybridized carbons (Fsp3) is 0.400. The van der Waals surface area contributed by atoms with Crippen LogP contribution in [0.15, 0.2) is 24.3 Å². The quantitative estimate of drug-likeness (QED) is 0.620. The van der Waals surface area contributed by atoms with Crippen molar-refractivity contribution >= 4 is 39.6 Å². The molecular formula is C20H22N2O2S2. The van der Waals surface area contributed by atoms with Gasteiger partial charge in [0.15, 0.2) is 5.11 Å². The third-order valence-electron chi connectivity index (χ3n) is 5.20. The van der Waals surface area contributed by atoms with Gasteiger partial charge in [-0.2, -0.15) is 0 Å². The summed E-state index contributed by atoms with van der Waals surface area (Å²) in [6, 6.07) is 8.50. The number of esters is 1. The highest BCUT2D eigenvalue weighted by Gasteiger charge is 2.27. The molecule has 136 valence electrons. The lowest BCUT2D eigenvalue weighted by atomic mass is 9.95. The number of benzene rings is 1. The second-order valence-electron chi connectivity index (χ2n) is 6.78. The lowest BCUT2D eigenvalue weighted by Gasteiger charge is -2.31. The van der Waals surface area contributed by atoms with Gasteiger partial charge in [0.05, 0.1) is 12.7 Å². The summed E-state index contributed by atoms with van der Waals surface area (Å²) in [4.78, 5) is 15.9. The molecule has 2 heterocycles. The predicted octanol–water partition coefficient (Wildman–Crippen LogP) is 4.17. The first-order valence-electron chi connectivity index (χ1n) is 9.03. The van der Waals surface area contributed by atoms with E-state index in [1.807, 2.05) is 0 Å². The Balaban J connectivity index is 1.57. The molecule has 0 radical (unpaired) electrons. The molecule has 1 aromatic carbocycles. The molecule has 1 aliphatic heterocycles. The second kappa shape index (κ2) is 7.37. The van der Waals surface area contributed by atoms with Crippen molar-refractivity contribution in [3.8, 4) is 0 Å². The third-order valence-corrected chi connectivity index (χ3v) is 6.77. The summed E-state index contributed by atoms with van der Waals surface area (Å²) in [6.45, 7) is 1.70. The van der Waals surface area contributed by atoms with Gasteiger partial charge in [0, 0.05) is 18.0 Å². The first-order chi connectivity index (χ1) is 12.7. The van der Waals surface area contributed by atoms with Gasteiger partial charge in [-0.3, -0.25) is 0 Å². The zero-order valence-electron chi connectivity index (χ0n) is 14.8. The summed E-state index contributed by atoms with van der Waals surface area (Å²) >= 11 is 7.33. The minimum atomic E-state index is -0.265. The minimum absolute atomic E-state index is 0.265. The van der Waals surface area contributed by atoms with Crippen molar-refractivity contribution in [1.29, 1.82) is 0 Å². The molecule has 1 aromatic heterocycles. The summed E-state index contributed by atoms with van der Waals surface area (Å²) in [5.74, 6) is -0.265. The van der Waals surface area contributed by atoms with Gasteiger partial charge in [-0.15, -0.1) is 11.3 Å². The average molecular weight is 387 g/mol. The smallest absolute Gasteiger partial charge is 0.341 e. The van der Waals surface area contributed by atoms with Crippen LogP contribution < -0.4 is 5.32 Å². The predicted molar refractivity (Wildman–Crippen MR) is 109 cm³/mol. The number of nitrogens with one attached hydrogen (secondary N) is 1. The maximum absolute atomic E-state index is 12.4. The standard InChI is InChI=1S/C20H22N2O2S2/c1-24-19(23)17-15-8-4-5-9-16(15)26-18(17)21-20(25)22-11-10-13-6-2-3-7-14(13)12-22/h2-3,6-7H,4-5,8-12H2,1H3,(H,21,25). The fourth-order valence-electron chi connectivity index (χ4n) is 3.82. The van der Waals surface area contributed by atoms with Crippen LogP contribution in [0, 0.1) is 0 Å². The Bertz CT molecular complexity index is 859. The highest BCUT2D eigenvalue weighted by Crippen LogP contribution is 2.38. The first kappa shape index (κ1) is 17.5. The Kier molecular flexibility index (Phi) is 4.96. The number of hydrogen-bond acceptors (Lipinski definition) is 4. The van der Waals surface area contributed by atoms with E-state index in [-0.39, 0.29) is 5.97 Å². The molecule has 0 unspecified atom stereocenters. The van der Waals surface area contributed by atoms with E-state index in [2.05, 4.69) is 34.5 Å². The van der Waals surface area contributed by atoms with E-state index in [1.165, 1.54) is 29.5 Å². The molecule has 4 rings (SSSR count). The monoisotopic (exact) mass is 386 g/mol.